The molecule has 0 aliphatic carbocycles. The van der Waals surface area contributed by atoms with Crippen molar-refractivity contribution in [2.75, 3.05) is 6.61 Å². The van der Waals surface area contributed by atoms with Gasteiger partial charge in [0.1, 0.15) is 0 Å². The van der Waals surface area contributed by atoms with Gasteiger partial charge >= 0.3 is 0 Å². The molecule has 0 aromatic heterocycles. The summed E-state index contributed by atoms with van der Waals surface area (Å²) < 4.78 is 0. The maximum absolute atomic E-state index is 9.17. The van der Waals surface area contributed by atoms with Crippen LogP contribution in [0.5, 0.6) is 0 Å². The number of aliphatic hydroxyl groups excluding tert-OH is 1. The Morgan fingerprint density at radius 2 is 1.93 bits per heavy atom. The van der Waals surface area contributed by atoms with Gasteiger partial charge in [0.05, 0.1) is 0 Å². The van der Waals surface area contributed by atoms with E-state index in [1.54, 1.807) is 0 Å². The minimum Gasteiger partial charge on any atom is -0.396 e. The number of rotatable bonds is 8. The van der Waals surface area contributed by atoms with Crippen LogP contribution in [-0.2, 0) is 0 Å². The van der Waals surface area contributed by atoms with E-state index < -0.39 is 0 Å². The van der Waals surface area contributed by atoms with Crippen LogP contribution in [-0.4, -0.2) is 11.7 Å². The fourth-order valence-electron chi connectivity index (χ4n) is 1.55. The van der Waals surface area contributed by atoms with Gasteiger partial charge in [-0.3, -0.25) is 0 Å². The van der Waals surface area contributed by atoms with Crippen LogP contribution in [0.3, 0.4) is 0 Å². The molecule has 0 aromatic carbocycles. The maximum Gasteiger partial charge on any atom is 0.0462 e. The molecule has 0 spiro atoms. The Balaban J connectivity index is 3.53. The first-order chi connectivity index (χ1) is 6.70. The first kappa shape index (κ1) is 13.7. The molecule has 0 aromatic rings. The summed E-state index contributed by atoms with van der Waals surface area (Å²) in [4.78, 5) is 0. The zero-order chi connectivity index (χ0) is 10.8. The third-order valence-corrected chi connectivity index (χ3v) is 2.58. The Morgan fingerprint density at radius 3 is 2.43 bits per heavy atom. The first-order valence-corrected chi connectivity index (χ1v) is 5.95. The second-order valence-electron chi connectivity index (χ2n) is 4.42. The molecule has 0 heterocycles. The molecular formula is C13H26O. The lowest BCUT2D eigenvalue weighted by molar-refractivity contribution is 0.216. The van der Waals surface area contributed by atoms with Crippen molar-refractivity contribution in [2.45, 2.75) is 59.3 Å². The van der Waals surface area contributed by atoms with Crippen LogP contribution in [0.15, 0.2) is 11.6 Å². The highest BCUT2D eigenvalue weighted by Crippen LogP contribution is 2.15. The molecule has 0 bridgehead atoms. The van der Waals surface area contributed by atoms with Gasteiger partial charge in [-0.2, -0.15) is 0 Å². The Bertz CT molecular complexity index is 145. The summed E-state index contributed by atoms with van der Waals surface area (Å²) in [7, 11) is 0. The largest absolute Gasteiger partial charge is 0.396 e. The van der Waals surface area contributed by atoms with Gasteiger partial charge in [-0.05, 0) is 32.6 Å². The predicted molar refractivity (Wildman–Crippen MR) is 63.4 cm³/mol. The fraction of sp³-hybridized carbons (Fsp3) is 0.846. The van der Waals surface area contributed by atoms with Gasteiger partial charge < -0.3 is 5.11 Å². The lowest BCUT2D eigenvalue weighted by Gasteiger charge is -2.11. The van der Waals surface area contributed by atoms with E-state index in [2.05, 4.69) is 26.8 Å². The molecule has 1 nitrogen and oxygen atoms in total. The van der Waals surface area contributed by atoms with Gasteiger partial charge in [-0.15, -0.1) is 0 Å². The fourth-order valence-corrected chi connectivity index (χ4v) is 1.55. The molecular weight excluding hydrogens is 172 g/mol. The summed E-state index contributed by atoms with van der Waals surface area (Å²) in [6, 6.07) is 0. The van der Waals surface area contributed by atoms with E-state index >= 15 is 0 Å². The van der Waals surface area contributed by atoms with Gasteiger partial charge in [-0.25, -0.2) is 0 Å². The number of allylic oxidation sites excluding steroid dienone is 2. The van der Waals surface area contributed by atoms with Crippen molar-refractivity contribution < 1.29 is 5.11 Å². The van der Waals surface area contributed by atoms with Gasteiger partial charge in [0.15, 0.2) is 0 Å². The third kappa shape index (κ3) is 8.31. The SMILES string of the molecule is CCCCCCC(CO)CC=C(C)C. The molecule has 84 valence electrons. The van der Waals surface area contributed by atoms with Crippen LogP contribution in [0, 0.1) is 5.92 Å². The molecule has 1 atom stereocenters. The Hall–Kier alpha value is -0.300. The smallest absolute Gasteiger partial charge is 0.0462 e. The van der Waals surface area contributed by atoms with Crippen molar-refractivity contribution in [3.05, 3.63) is 11.6 Å². The van der Waals surface area contributed by atoms with Crippen LogP contribution in [0.2, 0.25) is 0 Å². The van der Waals surface area contributed by atoms with Crippen LogP contribution in [0.4, 0.5) is 0 Å². The Morgan fingerprint density at radius 1 is 1.21 bits per heavy atom. The standard InChI is InChI=1S/C13H26O/c1-4-5-6-7-8-13(11-14)10-9-12(2)3/h9,13-14H,4-8,10-11H2,1-3H3. The second kappa shape index (κ2) is 9.26. The van der Waals surface area contributed by atoms with Gasteiger partial charge in [0.25, 0.3) is 0 Å². The minimum atomic E-state index is 0.343. The van der Waals surface area contributed by atoms with Gasteiger partial charge in [-0.1, -0.05) is 44.3 Å². The molecule has 0 aliphatic heterocycles. The highest BCUT2D eigenvalue weighted by atomic mass is 16.3. The van der Waals surface area contributed by atoms with E-state index in [0.29, 0.717) is 12.5 Å². The summed E-state index contributed by atoms with van der Waals surface area (Å²) >= 11 is 0. The van der Waals surface area contributed by atoms with E-state index in [9.17, 15) is 0 Å². The Labute approximate surface area is 89.2 Å². The van der Waals surface area contributed by atoms with E-state index in [4.69, 9.17) is 5.11 Å². The van der Waals surface area contributed by atoms with Crippen LogP contribution in [0.1, 0.15) is 59.3 Å². The third-order valence-electron chi connectivity index (χ3n) is 2.58. The predicted octanol–water partition coefficient (Wildman–Crippen LogP) is 3.92. The molecule has 0 rings (SSSR count). The van der Waals surface area contributed by atoms with Gasteiger partial charge in [0, 0.05) is 6.61 Å². The highest BCUT2D eigenvalue weighted by molar-refractivity contribution is 4.93. The summed E-state index contributed by atoms with van der Waals surface area (Å²) in [5.74, 6) is 0.488. The molecule has 1 heteroatoms. The van der Waals surface area contributed by atoms with E-state index in [1.165, 1.54) is 37.7 Å². The van der Waals surface area contributed by atoms with Crippen LogP contribution >= 0.6 is 0 Å². The normalized spacial score (nSPS) is 12.6. The van der Waals surface area contributed by atoms with Crippen molar-refractivity contribution in [1.29, 1.82) is 0 Å². The Kier molecular flexibility index (Phi) is 9.06. The van der Waals surface area contributed by atoms with E-state index in [0.717, 1.165) is 6.42 Å². The van der Waals surface area contributed by atoms with Crippen LogP contribution in [0.25, 0.3) is 0 Å². The second-order valence-corrected chi connectivity index (χ2v) is 4.42. The zero-order valence-corrected chi connectivity index (χ0v) is 10.1. The number of unbranched alkanes of at least 4 members (excludes halogenated alkanes) is 3. The molecule has 14 heavy (non-hydrogen) atoms. The molecule has 0 fully saturated rings. The average Bonchev–Trinajstić information content (AvgIpc) is 2.16. The lowest BCUT2D eigenvalue weighted by atomic mass is 9.97. The minimum absolute atomic E-state index is 0.343. The summed E-state index contributed by atoms with van der Waals surface area (Å²) in [6.07, 6.45) is 9.68. The summed E-state index contributed by atoms with van der Waals surface area (Å²) in [6.45, 7) is 6.81. The van der Waals surface area contributed by atoms with Crippen molar-refractivity contribution in [1.82, 2.24) is 0 Å². The van der Waals surface area contributed by atoms with E-state index in [-0.39, 0.29) is 0 Å². The summed E-state index contributed by atoms with van der Waals surface area (Å²) in [5, 5.41) is 9.17. The van der Waals surface area contributed by atoms with Crippen molar-refractivity contribution >= 4 is 0 Å². The first-order valence-electron chi connectivity index (χ1n) is 5.95. The van der Waals surface area contributed by atoms with Crippen molar-refractivity contribution in [2.24, 2.45) is 5.92 Å². The molecule has 0 radical (unpaired) electrons. The lowest BCUT2D eigenvalue weighted by Crippen LogP contribution is -2.04. The summed E-state index contributed by atoms with van der Waals surface area (Å²) in [5.41, 5.74) is 1.36. The maximum atomic E-state index is 9.17. The van der Waals surface area contributed by atoms with E-state index in [1.807, 2.05) is 0 Å². The highest BCUT2D eigenvalue weighted by Gasteiger charge is 2.04. The van der Waals surface area contributed by atoms with Crippen molar-refractivity contribution in [3.8, 4) is 0 Å². The topological polar surface area (TPSA) is 20.2 Å². The molecule has 1 N–H and O–H groups in total. The molecule has 1 unspecified atom stereocenters. The molecule has 0 saturated heterocycles. The molecule has 0 aliphatic rings. The number of aliphatic hydroxyl groups is 1. The average molecular weight is 198 g/mol. The quantitative estimate of drug-likeness (QED) is 0.463. The molecule has 0 amide bonds. The molecule has 0 saturated carbocycles. The number of hydrogen-bond acceptors (Lipinski definition) is 1. The zero-order valence-electron chi connectivity index (χ0n) is 10.1. The van der Waals surface area contributed by atoms with Gasteiger partial charge in [0.2, 0.25) is 0 Å². The van der Waals surface area contributed by atoms with Crippen LogP contribution < -0.4 is 0 Å². The number of hydrogen-bond donors (Lipinski definition) is 1. The van der Waals surface area contributed by atoms with Crippen molar-refractivity contribution in [3.63, 3.8) is 0 Å². The monoisotopic (exact) mass is 198 g/mol.